The van der Waals surface area contributed by atoms with Crippen molar-refractivity contribution in [2.75, 3.05) is 18.5 Å². The molecule has 0 fully saturated rings. The summed E-state index contributed by atoms with van der Waals surface area (Å²) < 4.78 is 0. The van der Waals surface area contributed by atoms with E-state index in [-0.39, 0.29) is 6.61 Å². The lowest BCUT2D eigenvalue weighted by Gasteiger charge is -2.11. The largest absolute Gasteiger partial charge is 0.395 e. The monoisotopic (exact) mass is 180 g/mol. The van der Waals surface area contributed by atoms with Crippen LogP contribution in [0.3, 0.4) is 0 Å². The lowest BCUT2D eigenvalue weighted by Crippen LogP contribution is -2.09. The van der Waals surface area contributed by atoms with Gasteiger partial charge in [-0.25, -0.2) is 4.98 Å². The molecule has 0 aromatic carbocycles. The average Bonchev–Trinajstić information content (AvgIpc) is 2.15. The first-order valence-corrected chi connectivity index (χ1v) is 4.55. The van der Waals surface area contributed by atoms with Gasteiger partial charge in [-0.1, -0.05) is 19.9 Å². The second-order valence-corrected chi connectivity index (χ2v) is 3.25. The molecular weight excluding hydrogens is 164 g/mol. The highest BCUT2D eigenvalue weighted by Crippen LogP contribution is 2.20. The van der Waals surface area contributed by atoms with Gasteiger partial charge in [0.15, 0.2) is 0 Å². The maximum Gasteiger partial charge on any atom is 0.129 e. The molecule has 72 valence electrons. The minimum Gasteiger partial charge on any atom is -0.395 e. The van der Waals surface area contributed by atoms with Gasteiger partial charge in [0.2, 0.25) is 0 Å². The lowest BCUT2D eigenvalue weighted by atomic mass is 10.0. The molecule has 3 nitrogen and oxygen atoms in total. The van der Waals surface area contributed by atoms with Crippen molar-refractivity contribution in [2.24, 2.45) is 0 Å². The van der Waals surface area contributed by atoms with Crippen LogP contribution in [-0.2, 0) is 0 Å². The van der Waals surface area contributed by atoms with E-state index in [0.717, 1.165) is 5.82 Å². The van der Waals surface area contributed by atoms with Crippen LogP contribution >= 0.6 is 0 Å². The molecule has 0 aliphatic rings. The van der Waals surface area contributed by atoms with Crippen LogP contribution in [0.5, 0.6) is 0 Å². The Labute approximate surface area is 78.8 Å². The summed E-state index contributed by atoms with van der Waals surface area (Å²) in [6, 6.07) is 3.98. The predicted octanol–water partition coefficient (Wildman–Crippen LogP) is 1.61. The number of hydrogen-bond donors (Lipinski definition) is 2. The first kappa shape index (κ1) is 9.99. The topological polar surface area (TPSA) is 45.2 Å². The van der Waals surface area contributed by atoms with E-state index in [9.17, 15) is 0 Å². The molecule has 0 atom stereocenters. The zero-order valence-corrected chi connectivity index (χ0v) is 8.12. The van der Waals surface area contributed by atoms with Gasteiger partial charge >= 0.3 is 0 Å². The summed E-state index contributed by atoms with van der Waals surface area (Å²) in [6.07, 6.45) is 1.76. The summed E-state index contributed by atoms with van der Waals surface area (Å²) in [4.78, 5) is 4.22. The van der Waals surface area contributed by atoms with Gasteiger partial charge in [-0.15, -0.1) is 0 Å². The Balaban J connectivity index is 2.78. The van der Waals surface area contributed by atoms with E-state index in [2.05, 4.69) is 30.2 Å². The van der Waals surface area contributed by atoms with Crippen molar-refractivity contribution in [1.82, 2.24) is 4.98 Å². The van der Waals surface area contributed by atoms with E-state index in [1.165, 1.54) is 5.56 Å². The summed E-state index contributed by atoms with van der Waals surface area (Å²) in [5, 5.41) is 11.7. The molecule has 1 rings (SSSR count). The molecule has 0 saturated carbocycles. The Morgan fingerprint density at radius 1 is 1.54 bits per heavy atom. The Hall–Kier alpha value is -1.09. The molecule has 0 bridgehead atoms. The van der Waals surface area contributed by atoms with Crippen molar-refractivity contribution in [3.05, 3.63) is 23.9 Å². The van der Waals surface area contributed by atoms with Gasteiger partial charge in [0.05, 0.1) is 6.61 Å². The highest BCUT2D eigenvalue weighted by molar-refractivity contribution is 5.45. The van der Waals surface area contributed by atoms with E-state index in [4.69, 9.17) is 5.11 Å². The summed E-state index contributed by atoms with van der Waals surface area (Å²) in [5.74, 6) is 1.33. The SMILES string of the molecule is CC(C)c1cccnc1NCCO. The molecule has 2 N–H and O–H groups in total. The van der Waals surface area contributed by atoms with Crippen molar-refractivity contribution in [3.8, 4) is 0 Å². The molecule has 1 aromatic heterocycles. The predicted molar refractivity (Wildman–Crippen MR) is 53.9 cm³/mol. The first-order valence-electron chi connectivity index (χ1n) is 4.55. The minimum atomic E-state index is 0.133. The standard InChI is InChI=1S/C10H16N2O/c1-8(2)9-4-3-5-11-10(9)12-6-7-13/h3-5,8,13H,6-7H2,1-2H3,(H,11,12). The van der Waals surface area contributed by atoms with Gasteiger partial charge in [-0.05, 0) is 17.5 Å². The highest BCUT2D eigenvalue weighted by Gasteiger charge is 2.05. The van der Waals surface area contributed by atoms with E-state index in [0.29, 0.717) is 12.5 Å². The van der Waals surface area contributed by atoms with Crippen molar-refractivity contribution in [2.45, 2.75) is 19.8 Å². The van der Waals surface area contributed by atoms with Gasteiger partial charge < -0.3 is 10.4 Å². The van der Waals surface area contributed by atoms with E-state index in [1.54, 1.807) is 6.20 Å². The Kier molecular flexibility index (Phi) is 3.71. The second-order valence-electron chi connectivity index (χ2n) is 3.25. The van der Waals surface area contributed by atoms with Gasteiger partial charge in [0.1, 0.15) is 5.82 Å². The molecule has 13 heavy (non-hydrogen) atoms. The van der Waals surface area contributed by atoms with Crippen LogP contribution in [0.25, 0.3) is 0 Å². The number of anilines is 1. The number of aliphatic hydroxyl groups is 1. The van der Waals surface area contributed by atoms with E-state index < -0.39 is 0 Å². The van der Waals surface area contributed by atoms with Crippen LogP contribution in [0, 0.1) is 0 Å². The number of aliphatic hydroxyl groups excluding tert-OH is 1. The molecular formula is C10H16N2O. The van der Waals surface area contributed by atoms with Crippen LogP contribution in [0.2, 0.25) is 0 Å². The molecule has 0 amide bonds. The fraction of sp³-hybridized carbons (Fsp3) is 0.500. The summed E-state index contributed by atoms with van der Waals surface area (Å²) >= 11 is 0. The molecule has 1 aromatic rings. The zero-order chi connectivity index (χ0) is 9.68. The Bertz CT molecular complexity index is 261. The molecule has 3 heteroatoms. The van der Waals surface area contributed by atoms with E-state index >= 15 is 0 Å². The number of pyridine rings is 1. The van der Waals surface area contributed by atoms with Crippen molar-refractivity contribution in [3.63, 3.8) is 0 Å². The molecule has 0 saturated heterocycles. The maximum atomic E-state index is 8.67. The summed E-state index contributed by atoms with van der Waals surface area (Å²) in [6.45, 7) is 4.94. The number of nitrogens with one attached hydrogen (secondary N) is 1. The Morgan fingerprint density at radius 2 is 2.31 bits per heavy atom. The number of nitrogens with zero attached hydrogens (tertiary/aromatic N) is 1. The number of rotatable bonds is 4. The molecule has 0 aliphatic heterocycles. The first-order chi connectivity index (χ1) is 6.25. The molecule has 1 heterocycles. The molecule has 0 radical (unpaired) electrons. The maximum absolute atomic E-state index is 8.67. The molecule has 0 spiro atoms. The quantitative estimate of drug-likeness (QED) is 0.740. The third-order valence-electron chi connectivity index (χ3n) is 1.87. The number of hydrogen-bond acceptors (Lipinski definition) is 3. The van der Waals surface area contributed by atoms with Gasteiger partial charge in [0.25, 0.3) is 0 Å². The van der Waals surface area contributed by atoms with Gasteiger partial charge in [-0.2, -0.15) is 0 Å². The van der Waals surface area contributed by atoms with Crippen LogP contribution in [0.1, 0.15) is 25.3 Å². The van der Waals surface area contributed by atoms with E-state index in [1.807, 2.05) is 6.07 Å². The smallest absolute Gasteiger partial charge is 0.129 e. The minimum absolute atomic E-state index is 0.133. The van der Waals surface area contributed by atoms with Gasteiger partial charge in [-0.3, -0.25) is 0 Å². The van der Waals surface area contributed by atoms with Crippen molar-refractivity contribution < 1.29 is 5.11 Å². The lowest BCUT2D eigenvalue weighted by molar-refractivity contribution is 0.311. The normalized spacial score (nSPS) is 10.5. The second kappa shape index (κ2) is 4.82. The van der Waals surface area contributed by atoms with Crippen molar-refractivity contribution >= 4 is 5.82 Å². The third kappa shape index (κ3) is 2.70. The Morgan fingerprint density at radius 3 is 2.92 bits per heavy atom. The van der Waals surface area contributed by atoms with Crippen LogP contribution < -0.4 is 5.32 Å². The summed E-state index contributed by atoms with van der Waals surface area (Å²) in [7, 11) is 0. The summed E-state index contributed by atoms with van der Waals surface area (Å²) in [5.41, 5.74) is 1.19. The molecule has 0 unspecified atom stereocenters. The van der Waals surface area contributed by atoms with Gasteiger partial charge in [0, 0.05) is 12.7 Å². The van der Waals surface area contributed by atoms with Crippen LogP contribution in [-0.4, -0.2) is 23.2 Å². The third-order valence-corrected chi connectivity index (χ3v) is 1.87. The molecule has 0 aliphatic carbocycles. The zero-order valence-electron chi connectivity index (χ0n) is 8.12. The number of aromatic nitrogens is 1. The highest BCUT2D eigenvalue weighted by atomic mass is 16.3. The van der Waals surface area contributed by atoms with Crippen molar-refractivity contribution in [1.29, 1.82) is 0 Å². The van der Waals surface area contributed by atoms with Crippen LogP contribution in [0.4, 0.5) is 5.82 Å². The fourth-order valence-corrected chi connectivity index (χ4v) is 1.21. The fourth-order valence-electron chi connectivity index (χ4n) is 1.21. The van der Waals surface area contributed by atoms with Crippen LogP contribution in [0.15, 0.2) is 18.3 Å². The average molecular weight is 180 g/mol.